The first-order valence-corrected chi connectivity index (χ1v) is 8.67. The molecule has 0 saturated heterocycles. The van der Waals surface area contributed by atoms with Crippen molar-refractivity contribution >= 4 is 55.8 Å². The minimum Gasteiger partial charge on any atom is -0.349 e. The van der Waals surface area contributed by atoms with Crippen LogP contribution in [0, 0.1) is 23.8 Å². The first kappa shape index (κ1) is 14.3. The Morgan fingerprint density at radius 1 is 0.870 bits per heavy atom. The molecule has 2 aromatic carbocycles. The average Bonchev–Trinajstić information content (AvgIpc) is 2.57. The maximum absolute atomic E-state index is 4.68. The van der Waals surface area contributed by atoms with Crippen molar-refractivity contribution in [3.05, 3.63) is 24.3 Å². The fraction of sp³-hybridized carbons (Fsp3) is 0.111. The molecule has 3 nitrogen and oxygen atoms in total. The van der Waals surface area contributed by atoms with E-state index in [9.17, 15) is 0 Å². The van der Waals surface area contributed by atoms with E-state index in [1.807, 2.05) is 6.92 Å². The molecule has 5 heteroatoms. The van der Waals surface area contributed by atoms with Gasteiger partial charge in [-0.1, -0.05) is 29.4 Å². The van der Waals surface area contributed by atoms with E-state index in [-0.39, 0.29) is 0 Å². The number of nitrogens with zero attached hydrogens (tertiary/aromatic N) is 2. The van der Waals surface area contributed by atoms with E-state index in [0.717, 1.165) is 21.5 Å². The number of thioether (sulfide) groups is 2. The normalized spacial score (nSPS) is 14.0. The van der Waals surface area contributed by atoms with Gasteiger partial charge in [-0.05, 0) is 43.0 Å². The van der Waals surface area contributed by atoms with Gasteiger partial charge in [0.1, 0.15) is 0 Å². The molecular weight excluding hydrogens is 322 g/mol. The SMILES string of the molecule is CC#CC1=Nc2ccc3c4c(ccc(c24)S1)N=C(C#CNC)S3. The Bertz CT molecular complexity index is 1030. The van der Waals surface area contributed by atoms with Gasteiger partial charge < -0.3 is 5.32 Å². The van der Waals surface area contributed by atoms with Gasteiger partial charge in [-0.3, -0.25) is 0 Å². The maximum atomic E-state index is 4.68. The molecule has 0 saturated carbocycles. The first-order chi connectivity index (χ1) is 11.3. The molecule has 0 unspecified atom stereocenters. The van der Waals surface area contributed by atoms with Gasteiger partial charge in [0.15, 0.2) is 10.1 Å². The van der Waals surface area contributed by atoms with Crippen LogP contribution in [-0.4, -0.2) is 17.1 Å². The summed E-state index contributed by atoms with van der Waals surface area (Å²) in [7, 11) is 1.80. The Hall–Kier alpha value is -2.34. The topological polar surface area (TPSA) is 36.8 Å². The molecule has 1 N–H and O–H groups in total. The van der Waals surface area contributed by atoms with Crippen molar-refractivity contribution < 1.29 is 0 Å². The summed E-state index contributed by atoms with van der Waals surface area (Å²) in [5.74, 6) is 9.02. The second kappa shape index (κ2) is 5.70. The zero-order valence-corrected chi connectivity index (χ0v) is 14.2. The number of rotatable bonds is 0. The van der Waals surface area contributed by atoms with Gasteiger partial charge in [0.05, 0.1) is 11.4 Å². The molecule has 0 bridgehead atoms. The summed E-state index contributed by atoms with van der Waals surface area (Å²) in [6, 6.07) is 11.2. The predicted molar refractivity (Wildman–Crippen MR) is 100 cm³/mol. The lowest BCUT2D eigenvalue weighted by molar-refractivity contribution is 1.16. The molecule has 0 radical (unpaired) electrons. The van der Waals surface area contributed by atoms with Gasteiger partial charge in [0.2, 0.25) is 0 Å². The second-order valence-electron chi connectivity index (χ2n) is 4.83. The van der Waals surface area contributed by atoms with E-state index in [0.29, 0.717) is 0 Å². The summed E-state index contributed by atoms with van der Waals surface area (Å²) in [6.07, 6.45) is 0. The van der Waals surface area contributed by atoms with Gasteiger partial charge >= 0.3 is 0 Å². The van der Waals surface area contributed by atoms with Crippen LogP contribution in [0.1, 0.15) is 6.92 Å². The quantitative estimate of drug-likeness (QED) is 0.576. The minimum absolute atomic E-state index is 0.805. The lowest BCUT2D eigenvalue weighted by Gasteiger charge is -2.19. The molecule has 0 spiro atoms. The molecule has 2 aliphatic heterocycles. The Kier molecular flexibility index (Phi) is 3.53. The van der Waals surface area contributed by atoms with Crippen LogP contribution in [0.25, 0.3) is 10.8 Å². The third-order valence-electron chi connectivity index (χ3n) is 3.42. The Balaban J connectivity index is 1.96. The number of hydrogen-bond donors (Lipinski definition) is 1. The van der Waals surface area contributed by atoms with Gasteiger partial charge in [-0.2, -0.15) is 0 Å². The van der Waals surface area contributed by atoms with Crippen LogP contribution < -0.4 is 5.32 Å². The molecule has 2 aromatic rings. The van der Waals surface area contributed by atoms with Crippen molar-refractivity contribution in [1.29, 1.82) is 0 Å². The fourth-order valence-corrected chi connectivity index (χ4v) is 4.41. The molecule has 23 heavy (non-hydrogen) atoms. The van der Waals surface area contributed by atoms with E-state index < -0.39 is 0 Å². The highest BCUT2D eigenvalue weighted by Gasteiger charge is 2.22. The first-order valence-electron chi connectivity index (χ1n) is 7.03. The highest BCUT2D eigenvalue weighted by molar-refractivity contribution is 8.15. The molecule has 4 rings (SSSR count). The molecule has 2 heterocycles. The van der Waals surface area contributed by atoms with E-state index in [2.05, 4.69) is 63.4 Å². The summed E-state index contributed by atoms with van der Waals surface area (Å²) in [5, 5.41) is 6.81. The van der Waals surface area contributed by atoms with Gasteiger partial charge in [-0.25, -0.2) is 9.98 Å². The third-order valence-corrected chi connectivity index (χ3v) is 5.32. The van der Waals surface area contributed by atoms with Crippen LogP contribution in [0.5, 0.6) is 0 Å². The summed E-state index contributed by atoms with van der Waals surface area (Å²) >= 11 is 3.22. The smallest absolute Gasteiger partial charge is 0.153 e. The van der Waals surface area contributed by atoms with Gasteiger partial charge in [0.25, 0.3) is 0 Å². The van der Waals surface area contributed by atoms with Crippen molar-refractivity contribution in [2.75, 3.05) is 7.05 Å². The molecule has 110 valence electrons. The van der Waals surface area contributed by atoms with Gasteiger partial charge in [0, 0.05) is 33.7 Å². The van der Waals surface area contributed by atoms with Crippen LogP contribution >= 0.6 is 23.5 Å². The Morgan fingerprint density at radius 3 is 1.96 bits per heavy atom. The molecule has 0 fully saturated rings. The largest absolute Gasteiger partial charge is 0.349 e. The zero-order chi connectivity index (χ0) is 15.8. The van der Waals surface area contributed by atoms with Crippen molar-refractivity contribution in [3.8, 4) is 23.8 Å². The molecular formula is C18H11N3S2. The van der Waals surface area contributed by atoms with E-state index in [1.54, 1.807) is 30.6 Å². The van der Waals surface area contributed by atoms with Crippen LogP contribution in [-0.2, 0) is 0 Å². The minimum atomic E-state index is 0.805. The summed E-state index contributed by atoms with van der Waals surface area (Å²) in [6.45, 7) is 1.83. The lowest BCUT2D eigenvalue weighted by atomic mass is 10.1. The lowest BCUT2D eigenvalue weighted by Crippen LogP contribution is -2.00. The zero-order valence-electron chi connectivity index (χ0n) is 12.5. The van der Waals surface area contributed by atoms with Crippen molar-refractivity contribution in [2.45, 2.75) is 16.7 Å². The second-order valence-corrected chi connectivity index (χ2v) is 6.89. The summed E-state index contributed by atoms with van der Waals surface area (Å²) in [4.78, 5) is 11.7. The predicted octanol–water partition coefficient (Wildman–Crippen LogP) is 4.31. The highest BCUT2D eigenvalue weighted by atomic mass is 32.2. The van der Waals surface area contributed by atoms with E-state index >= 15 is 0 Å². The standard InChI is InChI=1S/C18H11N3S2/c1-3-4-15-20-11-5-8-14-18-12(6-7-13(22-15)17(11)18)21-16(23-14)9-10-19-2/h5-8,19H,1-2H3. The van der Waals surface area contributed by atoms with Crippen molar-refractivity contribution in [2.24, 2.45) is 9.98 Å². The summed E-state index contributed by atoms with van der Waals surface area (Å²) < 4.78 is 0. The average molecular weight is 333 g/mol. The number of aliphatic imine (C=N–C) groups is 2. The number of benzene rings is 2. The van der Waals surface area contributed by atoms with Crippen molar-refractivity contribution in [1.82, 2.24) is 5.32 Å². The van der Waals surface area contributed by atoms with Crippen LogP contribution in [0.3, 0.4) is 0 Å². The maximum Gasteiger partial charge on any atom is 0.153 e. The van der Waals surface area contributed by atoms with E-state index in [1.165, 1.54) is 20.6 Å². The van der Waals surface area contributed by atoms with E-state index in [4.69, 9.17) is 0 Å². The van der Waals surface area contributed by atoms with Crippen LogP contribution in [0.15, 0.2) is 44.0 Å². The monoisotopic (exact) mass is 333 g/mol. The van der Waals surface area contributed by atoms with Crippen LogP contribution in [0.2, 0.25) is 0 Å². The molecule has 0 aliphatic carbocycles. The summed E-state index contributed by atoms with van der Waals surface area (Å²) in [5.41, 5.74) is 1.93. The van der Waals surface area contributed by atoms with Crippen LogP contribution in [0.4, 0.5) is 11.4 Å². The Labute approximate surface area is 143 Å². The highest BCUT2D eigenvalue weighted by Crippen LogP contribution is 2.49. The van der Waals surface area contributed by atoms with Gasteiger partial charge in [-0.15, -0.1) is 0 Å². The molecule has 0 amide bonds. The molecule has 0 atom stereocenters. The third kappa shape index (κ3) is 2.39. The molecule has 0 aromatic heterocycles. The number of hydrogen-bond acceptors (Lipinski definition) is 5. The fourth-order valence-electron chi connectivity index (χ4n) is 2.56. The number of nitrogens with one attached hydrogen (secondary N) is 1. The Morgan fingerprint density at radius 2 is 1.43 bits per heavy atom. The molecule has 2 aliphatic rings. The van der Waals surface area contributed by atoms with Crippen molar-refractivity contribution in [3.63, 3.8) is 0 Å².